The van der Waals surface area contributed by atoms with E-state index in [0.29, 0.717) is 47.6 Å². The molecule has 0 aliphatic rings. The molecule has 0 saturated carbocycles. The highest BCUT2D eigenvalue weighted by Crippen LogP contribution is 2.18. The SMILES string of the molecule is Cc1oc(CC(C)C)cc1C(=O)NCCNC(=O)c1cc(CC(C)C)oc1C. The number of furan rings is 2. The van der Waals surface area contributed by atoms with Gasteiger partial charge in [-0.25, -0.2) is 0 Å². The van der Waals surface area contributed by atoms with Gasteiger partial charge in [0.2, 0.25) is 0 Å². The minimum Gasteiger partial charge on any atom is -0.466 e. The summed E-state index contributed by atoms with van der Waals surface area (Å²) in [6.45, 7) is 12.7. The van der Waals surface area contributed by atoms with Gasteiger partial charge in [0.1, 0.15) is 23.0 Å². The van der Waals surface area contributed by atoms with Crippen molar-refractivity contribution in [2.24, 2.45) is 11.8 Å². The smallest absolute Gasteiger partial charge is 0.254 e. The second-order valence-electron chi connectivity index (χ2n) is 8.07. The number of hydrogen-bond donors (Lipinski definition) is 2. The summed E-state index contributed by atoms with van der Waals surface area (Å²) < 4.78 is 11.3. The zero-order valence-corrected chi connectivity index (χ0v) is 17.8. The largest absolute Gasteiger partial charge is 0.466 e. The van der Waals surface area contributed by atoms with E-state index < -0.39 is 0 Å². The van der Waals surface area contributed by atoms with E-state index in [1.807, 2.05) is 0 Å². The van der Waals surface area contributed by atoms with E-state index in [1.165, 1.54) is 0 Å². The van der Waals surface area contributed by atoms with Gasteiger partial charge in [-0.3, -0.25) is 9.59 Å². The van der Waals surface area contributed by atoms with Crippen LogP contribution in [-0.4, -0.2) is 24.9 Å². The van der Waals surface area contributed by atoms with Gasteiger partial charge in [0.15, 0.2) is 0 Å². The lowest BCUT2D eigenvalue weighted by Crippen LogP contribution is -2.34. The van der Waals surface area contributed by atoms with Gasteiger partial charge in [-0.15, -0.1) is 0 Å². The predicted molar refractivity (Wildman–Crippen MR) is 109 cm³/mol. The highest BCUT2D eigenvalue weighted by molar-refractivity contribution is 5.96. The van der Waals surface area contributed by atoms with Crippen LogP contribution in [0.3, 0.4) is 0 Å². The summed E-state index contributed by atoms with van der Waals surface area (Å²) in [6, 6.07) is 3.60. The Hall–Kier alpha value is -2.50. The normalized spacial score (nSPS) is 11.3. The van der Waals surface area contributed by atoms with E-state index in [9.17, 15) is 9.59 Å². The maximum atomic E-state index is 12.3. The molecule has 6 heteroatoms. The fraction of sp³-hybridized carbons (Fsp3) is 0.545. The van der Waals surface area contributed by atoms with Gasteiger partial charge in [-0.2, -0.15) is 0 Å². The van der Waals surface area contributed by atoms with Crippen LogP contribution in [0.5, 0.6) is 0 Å². The Morgan fingerprint density at radius 1 is 0.786 bits per heavy atom. The van der Waals surface area contributed by atoms with Gasteiger partial charge < -0.3 is 19.5 Å². The minimum absolute atomic E-state index is 0.191. The Labute approximate surface area is 167 Å². The summed E-state index contributed by atoms with van der Waals surface area (Å²) in [5.74, 6) is 3.41. The quantitative estimate of drug-likeness (QED) is 0.635. The molecule has 2 amide bonds. The van der Waals surface area contributed by atoms with Crippen molar-refractivity contribution in [2.75, 3.05) is 13.1 Å². The highest BCUT2D eigenvalue weighted by atomic mass is 16.3. The lowest BCUT2D eigenvalue weighted by atomic mass is 10.1. The Morgan fingerprint density at radius 2 is 1.14 bits per heavy atom. The lowest BCUT2D eigenvalue weighted by molar-refractivity contribution is 0.0926. The summed E-state index contributed by atoms with van der Waals surface area (Å²) in [4.78, 5) is 24.7. The van der Waals surface area contributed by atoms with E-state index in [-0.39, 0.29) is 11.8 Å². The molecule has 0 aliphatic heterocycles. The maximum absolute atomic E-state index is 12.3. The molecule has 2 N–H and O–H groups in total. The number of amides is 2. The number of aryl methyl sites for hydroxylation is 2. The van der Waals surface area contributed by atoms with Crippen molar-refractivity contribution in [3.05, 3.63) is 46.3 Å². The van der Waals surface area contributed by atoms with Gasteiger partial charge in [0.05, 0.1) is 11.1 Å². The molecule has 0 saturated heterocycles. The molecule has 0 aromatic carbocycles. The Bertz CT molecular complexity index is 746. The molecule has 6 nitrogen and oxygen atoms in total. The van der Waals surface area contributed by atoms with Crippen LogP contribution in [0.1, 0.15) is 71.5 Å². The molecule has 0 unspecified atom stereocenters. The summed E-state index contributed by atoms with van der Waals surface area (Å²) in [5, 5.41) is 5.64. The summed E-state index contributed by atoms with van der Waals surface area (Å²) in [7, 11) is 0. The molecule has 0 radical (unpaired) electrons. The van der Waals surface area contributed by atoms with Crippen LogP contribution in [0.15, 0.2) is 21.0 Å². The van der Waals surface area contributed by atoms with Gasteiger partial charge in [-0.1, -0.05) is 27.7 Å². The van der Waals surface area contributed by atoms with Crippen molar-refractivity contribution in [2.45, 2.75) is 54.4 Å². The number of nitrogens with one attached hydrogen (secondary N) is 2. The van der Waals surface area contributed by atoms with E-state index in [0.717, 1.165) is 24.4 Å². The third kappa shape index (κ3) is 6.01. The molecule has 0 atom stereocenters. The zero-order chi connectivity index (χ0) is 20.8. The lowest BCUT2D eigenvalue weighted by Gasteiger charge is -2.06. The molecule has 154 valence electrons. The van der Waals surface area contributed by atoms with Crippen molar-refractivity contribution in [1.82, 2.24) is 10.6 Å². The maximum Gasteiger partial charge on any atom is 0.254 e. The molecule has 0 bridgehead atoms. The van der Waals surface area contributed by atoms with Gasteiger partial charge >= 0.3 is 0 Å². The third-order valence-electron chi connectivity index (χ3n) is 4.34. The number of hydrogen-bond acceptors (Lipinski definition) is 4. The second-order valence-corrected chi connectivity index (χ2v) is 8.07. The number of carbonyl (C=O) groups is 2. The van der Waals surface area contributed by atoms with Gasteiger partial charge in [-0.05, 0) is 37.8 Å². The van der Waals surface area contributed by atoms with Gasteiger partial charge in [0, 0.05) is 25.9 Å². The van der Waals surface area contributed by atoms with Crippen LogP contribution >= 0.6 is 0 Å². The molecule has 2 aromatic heterocycles. The standard InChI is InChI=1S/C22H32N2O4/c1-13(2)9-17-11-19(15(5)27-17)21(25)23-7-8-24-22(26)20-12-18(10-14(3)4)28-16(20)6/h11-14H,7-10H2,1-6H3,(H,23,25)(H,24,26). The molecule has 2 heterocycles. The first-order chi connectivity index (χ1) is 13.2. The molecule has 2 aromatic rings. The Balaban J connectivity index is 1.82. The van der Waals surface area contributed by atoms with E-state index in [4.69, 9.17) is 8.83 Å². The predicted octanol–water partition coefficient (Wildman–Crippen LogP) is 4.05. The van der Waals surface area contributed by atoms with Crippen LogP contribution in [0, 0.1) is 25.7 Å². The monoisotopic (exact) mass is 388 g/mol. The van der Waals surface area contributed by atoms with Crippen LogP contribution in [0.2, 0.25) is 0 Å². The number of carbonyl (C=O) groups excluding carboxylic acids is 2. The fourth-order valence-electron chi connectivity index (χ4n) is 3.09. The zero-order valence-electron chi connectivity index (χ0n) is 17.8. The first kappa shape index (κ1) is 21.8. The summed E-state index contributed by atoms with van der Waals surface area (Å²) in [6.07, 6.45) is 1.60. The van der Waals surface area contributed by atoms with Crippen LogP contribution in [-0.2, 0) is 12.8 Å². The second kappa shape index (κ2) is 9.62. The summed E-state index contributed by atoms with van der Waals surface area (Å²) in [5.41, 5.74) is 1.09. The van der Waals surface area contributed by atoms with Crippen LogP contribution < -0.4 is 10.6 Å². The van der Waals surface area contributed by atoms with Crippen molar-refractivity contribution in [3.63, 3.8) is 0 Å². The minimum atomic E-state index is -0.191. The topological polar surface area (TPSA) is 84.5 Å². The van der Waals surface area contributed by atoms with E-state index in [1.54, 1.807) is 26.0 Å². The van der Waals surface area contributed by atoms with Crippen molar-refractivity contribution >= 4 is 11.8 Å². The number of rotatable bonds is 9. The molecule has 0 spiro atoms. The van der Waals surface area contributed by atoms with Crippen LogP contribution in [0.25, 0.3) is 0 Å². The first-order valence-corrected chi connectivity index (χ1v) is 9.92. The van der Waals surface area contributed by atoms with E-state index >= 15 is 0 Å². The van der Waals surface area contributed by atoms with Gasteiger partial charge in [0.25, 0.3) is 11.8 Å². The Morgan fingerprint density at radius 3 is 1.46 bits per heavy atom. The van der Waals surface area contributed by atoms with E-state index in [2.05, 4.69) is 38.3 Å². The molecular formula is C22H32N2O4. The Kier molecular flexibility index (Phi) is 7.49. The fourth-order valence-corrected chi connectivity index (χ4v) is 3.09. The van der Waals surface area contributed by atoms with Crippen molar-refractivity contribution in [3.8, 4) is 0 Å². The highest BCUT2D eigenvalue weighted by Gasteiger charge is 2.17. The summed E-state index contributed by atoms with van der Waals surface area (Å²) >= 11 is 0. The molecule has 2 rings (SSSR count). The average molecular weight is 389 g/mol. The van der Waals surface area contributed by atoms with Crippen molar-refractivity contribution < 1.29 is 18.4 Å². The molecular weight excluding hydrogens is 356 g/mol. The third-order valence-corrected chi connectivity index (χ3v) is 4.34. The first-order valence-electron chi connectivity index (χ1n) is 9.92. The molecule has 0 fully saturated rings. The van der Waals surface area contributed by atoms with Crippen LogP contribution in [0.4, 0.5) is 0 Å². The molecule has 28 heavy (non-hydrogen) atoms. The average Bonchev–Trinajstić information content (AvgIpc) is 3.12. The molecule has 0 aliphatic carbocycles. The van der Waals surface area contributed by atoms with Crippen molar-refractivity contribution in [1.29, 1.82) is 0 Å².